The number of hydrogen-bond acceptors (Lipinski definition) is 5. The molecule has 0 spiro atoms. The van der Waals surface area contributed by atoms with Gasteiger partial charge in [0.05, 0.1) is 10.5 Å². The van der Waals surface area contributed by atoms with E-state index >= 15 is 0 Å². The average Bonchev–Trinajstić information content (AvgIpc) is 2.61. The Morgan fingerprint density at radius 1 is 1.15 bits per heavy atom. The molecule has 2 aromatic carbocycles. The van der Waals surface area contributed by atoms with Crippen LogP contribution in [0.5, 0.6) is 5.75 Å². The number of hydrogen-bond donors (Lipinski definition) is 3. The molecule has 0 saturated carbocycles. The van der Waals surface area contributed by atoms with Gasteiger partial charge in [0.25, 0.3) is 5.91 Å². The average molecular weight is 390 g/mol. The lowest BCUT2D eigenvalue weighted by molar-refractivity contribution is -0.115. The van der Waals surface area contributed by atoms with E-state index in [1.807, 2.05) is 0 Å². The first-order valence-corrected chi connectivity index (χ1v) is 9.91. The molecule has 7 nitrogen and oxygen atoms in total. The molecule has 8 heteroatoms. The van der Waals surface area contributed by atoms with Gasteiger partial charge in [-0.05, 0) is 43.2 Å². The van der Waals surface area contributed by atoms with E-state index in [9.17, 15) is 23.1 Å². The van der Waals surface area contributed by atoms with E-state index in [-0.39, 0.29) is 28.3 Å². The number of benzene rings is 2. The Hall–Kier alpha value is -2.87. The first-order chi connectivity index (χ1) is 12.7. The largest absolute Gasteiger partial charge is 0.507 e. The number of rotatable bonds is 6. The number of carbonyl (C=O) groups excluding carboxylic acids is 2. The van der Waals surface area contributed by atoms with Crippen LogP contribution >= 0.6 is 0 Å². The zero-order valence-electron chi connectivity index (χ0n) is 15.3. The summed E-state index contributed by atoms with van der Waals surface area (Å²) in [6, 6.07) is 10.4. The van der Waals surface area contributed by atoms with Gasteiger partial charge in [-0.25, -0.2) is 8.42 Å². The van der Waals surface area contributed by atoms with Gasteiger partial charge in [0.15, 0.2) is 9.84 Å². The standard InChI is InChI=1S/C19H22N2O5S/c1-4-17(27(25,26)14-7-5-6-12(2)10-14)19(24)21-13-8-9-15(16(22)11-13)18(23)20-3/h5-11,17,22H,4H2,1-3H3,(H,20,23)(H,21,24). The molecule has 0 aliphatic heterocycles. The van der Waals surface area contributed by atoms with Gasteiger partial charge in [-0.3, -0.25) is 9.59 Å². The van der Waals surface area contributed by atoms with Crippen molar-refractivity contribution in [3.05, 3.63) is 53.6 Å². The summed E-state index contributed by atoms with van der Waals surface area (Å²) in [5.74, 6) is -1.49. The predicted octanol–water partition coefficient (Wildman–Crippen LogP) is 2.25. The van der Waals surface area contributed by atoms with Gasteiger partial charge in [0.1, 0.15) is 11.0 Å². The number of phenolic OH excluding ortho intramolecular Hbond substituents is 1. The van der Waals surface area contributed by atoms with Crippen LogP contribution in [-0.4, -0.2) is 37.6 Å². The van der Waals surface area contributed by atoms with Crippen LogP contribution in [-0.2, 0) is 14.6 Å². The first-order valence-electron chi connectivity index (χ1n) is 8.37. The molecule has 2 aromatic rings. The third-order valence-corrected chi connectivity index (χ3v) is 6.30. The van der Waals surface area contributed by atoms with Crippen molar-refractivity contribution in [2.24, 2.45) is 0 Å². The van der Waals surface area contributed by atoms with E-state index in [0.29, 0.717) is 0 Å². The molecule has 2 amide bonds. The van der Waals surface area contributed by atoms with Gasteiger partial charge in [0.2, 0.25) is 5.91 Å². The van der Waals surface area contributed by atoms with Gasteiger partial charge in [-0.2, -0.15) is 0 Å². The fraction of sp³-hybridized carbons (Fsp3) is 0.263. The molecular weight excluding hydrogens is 368 g/mol. The minimum atomic E-state index is -3.87. The highest BCUT2D eigenvalue weighted by Crippen LogP contribution is 2.24. The van der Waals surface area contributed by atoms with E-state index < -0.39 is 26.9 Å². The van der Waals surface area contributed by atoms with E-state index in [1.165, 1.54) is 37.4 Å². The smallest absolute Gasteiger partial charge is 0.254 e. The van der Waals surface area contributed by atoms with Crippen molar-refractivity contribution in [3.8, 4) is 5.75 Å². The van der Waals surface area contributed by atoms with Crippen LogP contribution < -0.4 is 10.6 Å². The third kappa shape index (κ3) is 4.46. The molecular formula is C19H22N2O5S. The van der Waals surface area contributed by atoms with Crippen LogP contribution in [0.1, 0.15) is 29.3 Å². The second-order valence-electron chi connectivity index (χ2n) is 6.06. The van der Waals surface area contributed by atoms with Crippen LogP contribution in [0.4, 0.5) is 5.69 Å². The maximum absolute atomic E-state index is 12.8. The second-order valence-corrected chi connectivity index (χ2v) is 8.19. The van der Waals surface area contributed by atoms with Crippen molar-refractivity contribution in [2.45, 2.75) is 30.4 Å². The van der Waals surface area contributed by atoms with Crippen LogP contribution in [0.25, 0.3) is 0 Å². The zero-order valence-corrected chi connectivity index (χ0v) is 16.1. The number of nitrogens with one attached hydrogen (secondary N) is 2. The lowest BCUT2D eigenvalue weighted by Crippen LogP contribution is -2.34. The van der Waals surface area contributed by atoms with Crippen molar-refractivity contribution >= 4 is 27.3 Å². The maximum atomic E-state index is 12.8. The highest BCUT2D eigenvalue weighted by atomic mass is 32.2. The quantitative estimate of drug-likeness (QED) is 0.700. The SMILES string of the molecule is CCC(C(=O)Nc1ccc(C(=O)NC)c(O)c1)S(=O)(=O)c1cccc(C)c1. The Morgan fingerprint density at radius 3 is 2.41 bits per heavy atom. The zero-order chi connectivity index (χ0) is 20.2. The summed E-state index contributed by atoms with van der Waals surface area (Å²) in [4.78, 5) is 24.3. The monoisotopic (exact) mass is 390 g/mol. The van der Waals surface area contributed by atoms with E-state index in [1.54, 1.807) is 26.0 Å². The van der Waals surface area contributed by atoms with Crippen LogP contribution in [0.15, 0.2) is 47.4 Å². The van der Waals surface area contributed by atoms with Gasteiger partial charge in [-0.15, -0.1) is 0 Å². The van der Waals surface area contributed by atoms with E-state index in [0.717, 1.165) is 5.56 Å². The van der Waals surface area contributed by atoms with Gasteiger partial charge in [-0.1, -0.05) is 19.1 Å². The Bertz CT molecular complexity index is 970. The molecule has 3 N–H and O–H groups in total. The number of anilines is 1. The fourth-order valence-electron chi connectivity index (χ4n) is 2.66. The normalized spacial score (nSPS) is 12.3. The minimum absolute atomic E-state index is 0.0509. The summed E-state index contributed by atoms with van der Waals surface area (Å²) < 4.78 is 25.7. The van der Waals surface area contributed by atoms with Crippen molar-refractivity contribution < 1.29 is 23.1 Å². The Morgan fingerprint density at radius 2 is 1.85 bits per heavy atom. The second kappa shape index (κ2) is 8.22. The van der Waals surface area contributed by atoms with Crippen molar-refractivity contribution in [1.29, 1.82) is 0 Å². The van der Waals surface area contributed by atoms with Crippen molar-refractivity contribution in [1.82, 2.24) is 5.32 Å². The molecule has 0 heterocycles. The molecule has 2 rings (SSSR count). The van der Waals surface area contributed by atoms with Gasteiger partial charge in [0, 0.05) is 18.8 Å². The lowest BCUT2D eigenvalue weighted by atomic mass is 10.1. The summed E-state index contributed by atoms with van der Waals surface area (Å²) >= 11 is 0. The topological polar surface area (TPSA) is 113 Å². The molecule has 0 fully saturated rings. The Kier molecular flexibility index (Phi) is 6.22. The molecule has 1 unspecified atom stereocenters. The molecule has 0 saturated heterocycles. The number of carbonyl (C=O) groups is 2. The molecule has 27 heavy (non-hydrogen) atoms. The number of aryl methyl sites for hydroxylation is 1. The summed E-state index contributed by atoms with van der Waals surface area (Å²) in [7, 11) is -2.44. The molecule has 1 atom stereocenters. The summed E-state index contributed by atoms with van der Waals surface area (Å²) in [6.07, 6.45) is 0.0877. The molecule has 0 aromatic heterocycles. The fourth-order valence-corrected chi connectivity index (χ4v) is 4.39. The van der Waals surface area contributed by atoms with Crippen LogP contribution in [0.3, 0.4) is 0 Å². The predicted molar refractivity (Wildman–Crippen MR) is 103 cm³/mol. The molecule has 0 aliphatic rings. The number of sulfone groups is 1. The van der Waals surface area contributed by atoms with E-state index in [2.05, 4.69) is 10.6 Å². The van der Waals surface area contributed by atoms with Crippen molar-refractivity contribution in [3.63, 3.8) is 0 Å². The van der Waals surface area contributed by atoms with Gasteiger partial charge < -0.3 is 15.7 Å². The van der Waals surface area contributed by atoms with Crippen molar-refractivity contribution in [2.75, 3.05) is 12.4 Å². The molecule has 0 radical (unpaired) electrons. The summed E-state index contributed by atoms with van der Waals surface area (Å²) in [5.41, 5.74) is 1.03. The molecule has 0 bridgehead atoms. The Labute approximate surface area is 158 Å². The highest BCUT2D eigenvalue weighted by Gasteiger charge is 2.32. The van der Waals surface area contributed by atoms with Crippen LogP contribution in [0.2, 0.25) is 0 Å². The third-order valence-electron chi connectivity index (χ3n) is 4.09. The minimum Gasteiger partial charge on any atom is -0.507 e. The lowest BCUT2D eigenvalue weighted by Gasteiger charge is -2.17. The van der Waals surface area contributed by atoms with Gasteiger partial charge >= 0.3 is 0 Å². The number of aromatic hydroxyl groups is 1. The molecule has 0 aliphatic carbocycles. The molecule has 144 valence electrons. The Balaban J connectivity index is 2.27. The summed E-state index contributed by atoms with van der Waals surface area (Å²) in [6.45, 7) is 3.39. The maximum Gasteiger partial charge on any atom is 0.254 e. The first kappa shape index (κ1) is 20.4. The van der Waals surface area contributed by atoms with E-state index in [4.69, 9.17) is 0 Å². The number of phenols is 1. The summed E-state index contributed by atoms with van der Waals surface area (Å²) in [5, 5.41) is 13.5. The van der Waals surface area contributed by atoms with Crippen LogP contribution in [0, 0.1) is 6.92 Å². The number of amides is 2. The highest BCUT2D eigenvalue weighted by molar-refractivity contribution is 7.92.